The quantitative estimate of drug-likeness (QED) is 0.594. The molecule has 120 valence electrons. The minimum atomic E-state index is 0.142. The van der Waals surface area contributed by atoms with Gasteiger partial charge in [0.25, 0.3) is 0 Å². The number of nitrogens with zero attached hydrogens (tertiary/aromatic N) is 3. The van der Waals surface area contributed by atoms with Crippen molar-refractivity contribution in [2.24, 2.45) is 12.9 Å². The summed E-state index contributed by atoms with van der Waals surface area (Å²) in [5.41, 5.74) is 5.59. The maximum absolute atomic E-state index is 5.98. The van der Waals surface area contributed by atoms with Gasteiger partial charge in [0.1, 0.15) is 0 Å². The molecule has 1 fully saturated rings. The van der Waals surface area contributed by atoms with E-state index in [9.17, 15) is 0 Å². The van der Waals surface area contributed by atoms with Crippen LogP contribution < -0.4 is 11.3 Å². The van der Waals surface area contributed by atoms with Crippen molar-refractivity contribution in [3.8, 4) is 0 Å². The molecule has 1 unspecified atom stereocenters. The van der Waals surface area contributed by atoms with Gasteiger partial charge in [0.15, 0.2) is 0 Å². The Bertz CT molecular complexity index is 444. The van der Waals surface area contributed by atoms with Crippen LogP contribution in [0.15, 0.2) is 6.07 Å². The van der Waals surface area contributed by atoms with Crippen LogP contribution in [0.1, 0.15) is 50.9 Å². The van der Waals surface area contributed by atoms with Crippen LogP contribution >= 0.6 is 0 Å². The Morgan fingerprint density at radius 3 is 2.38 bits per heavy atom. The van der Waals surface area contributed by atoms with E-state index < -0.39 is 0 Å². The fourth-order valence-electron chi connectivity index (χ4n) is 4.04. The zero-order valence-corrected chi connectivity index (χ0v) is 14.0. The average Bonchev–Trinajstić information content (AvgIpc) is 3.10. The molecule has 1 aliphatic heterocycles. The van der Waals surface area contributed by atoms with Gasteiger partial charge in [-0.3, -0.25) is 20.9 Å². The third kappa shape index (κ3) is 3.15. The molecule has 1 atom stereocenters. The van der Waals surface area contributed by atoms with Crippen molar-refractivity contribution in [3.05, 3.63) is 17.5 Å². The Hall–Kier alpha value is -0.910. The summed E-state index contributed by atoms with van der Waals surface area (Å²) in [6.45, 7) is 9.03. The molecule has 1 saturated heterocycles. The summed E-state index contributed by atoms with van der Waals surface area (Å²) in [7, 11) is 2.02. The maximum atomic E-state index is 5.98. The fourth-order valence-corrected chi connectivity index (χ4v) is 4.04. The minimum Gasteiger partial charge on any atom is -0.296 e. The van der Waals surface area contributed by atoms with Crippen molar-refractivity contribution in [2.75, 3.05) is 13.1 Å². The predicted octanol–water partition coefficient (Wildman–Crippen LogP) is 1.76. The predicted molar refractivity (Wildman–Crippen MR) is 86.9 cm³/mol. The van der Waals surface area contributed by atoms with Gasteiger partial charge in [0.2, 0.25) is 0 Å². The molecule has 0 amide bonds. The highest BCUT2D eigenvalue weighted by molar-refractivity contribution is 5.13. The second-order valence-corrected chi connectivity index (χ2v) is 6.33. The largest absolute Gasteiger partial charge is 0.296 e. The summed E-state index contributed by atoms with van der Waals surface area (Å²) >= 11 is 0. The smallest absolute Gasteiger partial charge is 0.0596 e. The van der Waals surface area contributed by atoms with E-state index in [1.807, 2.05) is 18.7 Å². The normalized spacial score (nSPS) is 18.3. The maximum Gasteiger partial charge on any atom is 0.0596 e. The molecule has 3 N–H and O–H groups in total. The van der Waals surface area contributed by atoms with Crippen molar-refractivity contribution in [1.82, 2.24) is 20.1 Å². The van der Waals surface area contributed by atoms with Crippen LogP contribution in [0.4, 0.5) is 0 Å². The number of aryl methyl sites for hydroxylation is 2. The summed E-state index contributed by atoms with van der Waals surface area (Å²) in [5.74, 6) is 5.98. The number of rotatable bonds is 7. The van der Waals surface area contributed by atoms with Gasteiger partial charge >= 0.3 is 0 Å². The van der Waals surface area contributed by atoms with Gasteiger partial charge in [-0.2, -0.15) is 5.10 Å². The SMILES string of the molecule is CCC(CC)(C(Cc1cc(C)nn1C)NN)N1CCCC1. The molecule has 2 heterocycles. The van der Waals surface area contributed by atoms with Gasteiger partial charge in [-0.15, -0.1) is 0 Å². The lowest BCUT2D eigenvalue weighted by Crippen LogP contribution is -2.62. The zero-order valence-electron chi connectivity index (χ0n) is 14.0. The molecular formula is C16H31N5. The molecule has 1 aromatic heterocycles. The molecule has 0 saturated carbocycles. The topological polar surface area (TPSA) is 59.1 Å². The molecule has 21 heavy (non-hydrogen) atoms. The molecule has 0 spiro atoms. The Kier molecular flexibility index (Phi) is 5.41. The van der Waals surface area contributed by atoms with Gasteiger partial charge in [0.05, 0.1) is 5.69 Å². The highest BCUT2D eigenvalue weighted by atomic mass is 15.3. The van der Waals surface area contributed by atoms with Crippen molar-refractivity contribution >= 4 is 0 Å². The first kappa shape index (κ1) is 16.5. The van der Waals surface area contributed by atoms with E-state index in [2.05, 4.69) is 35.3 Å². The number of hydrogen-bond acceptors (Lipinski definition) is 4. The van der Waals surface area contributed by atoms with Crippen LogP contribution in [0.25, 0.3) is 0 Å². The van der Waals surface area contributed by atoms with Crippen LogP contribution in [-0.2, 0) is 13.5 Å². The molecule has 5 heteroatoms. The second-order valence-electron chi connectivity index (χ2n) is 6.33. The molecule has 1 aromatic rings. The van der Waals surface area contributed by atoms with E-state index in [4.69, 9.17) is 5.84 Å². The van der Waals surface area contributed by atoms with E-state index in [0.29, 0.717) is 0 Å². The lowest BCUT2D eigenvalue weighted by Gasteiger charge is -2.46. The zero-order chi connectivity index (χ0) is 15.5. The van der Waals surface area contributed by atoms with Crippen molar-refractivity contribution in [1.29, 1.82) is 0 Å². The van der Waals surface area contributed by atoms with Gasteiger partial charge in [-0.05, 0) is 51.8 Å². The first-order valence-corrected chi connectivity index (χ1v) is 8.28. The van der Waals surface area contributed by atoms with Gasteiger partial charge < -0.3 is 0 Å². The number of nitrogens with two attached hydrogens (primary N) is 1. The van der Waals surface area contributed by atoms with Crippen LogP contribution in [-0.4, -0.2) is 39.4 Å². The average molecular weight is 293 g/mol. The van der Waals surface area contributed by atoms with Crippen molar-refractivity contribution in [2.45, 2.75) is 64.5 Å². The summed E-state index contributed by atoms with van der Waals surface area (Å²) in [5, 5.41) is 4.46. The van der Waals surface area contributed by atoms with Crippen LogP contribution in [0.3, 0.4) is 0 Å². The molecule has 2 rings (SSSR count). The molecule has 5 nitrogen and oxygen atoms in total. The summed E-state index contributed by atoms with van der Waals surface area (Å²) < 4.78 is 1.99. The van der Waals surface area contributed by atoms with E-state index in [-0.39, 0.29) is 11.6 Å². The Morgan fingerprint density at radius 2 is 1.95 bits per heavy atom. The van der Waals surface area contributed by atoms with Crippen molar-refractivity contribution in [3.63, 3.8) is 0 Å². The third-order valence-electron chi connectivity index (χ3n) is 5.32. The Balaban J connectivity index is 2.24. The Morgan fingerprint density at radius 1 is 1.33 bits per heavy atom. The molecule has 0 aromatic carbocycles. The number of nitrogens with one attached hydrogen (secondary N) is 1. The summed E-state index contributed by atoms with van der Waals surface area (Å²) in [6, 6.07) is 2.42. The summed E-state index contributed by atoms with van der Waals surface area (Å²) in [4.78, 5) is 2.65. The lowest BCUT2D eigenvalue weighted by atomic mass is 9.80. The van der Waals surface area contributed by atoms with E-state index in [0.717, 1.165) is 25.0 Å². The molecule has 1 aliphatic rings. The number of likely N-dealkylation sites (tertiary alicyclic amines) is 1. The van der Waals surface area contributed by atoms with Gasteiger partial charge in [0, 0.05) is 30.7 Å². The number of hydrogen-bond donors (Lipinski definition) is 2. The first-order chi connectivity index (χ1) is 10.1. The summed E-state index contributed by atoms with van der Waals surface area (Å²) in [6.07, 6.45) is 5.78. The standard InChI is InChI=1S/C16H31N5/c1-5-16(6-2,21-9-7-8-10-21)15(18-17)12-14-11-13(3)19-20(14)4/h11,15,18H,5-10,12,17H2,1-4H3. The molecular weight excluding hydrogens is 262 g/mol. The van der Waals surface area contributed by atoms with Gasteiger partial charge in [-0.1, -0.05) is 13.8 Å². The number of aromatic nitrogens is 2. The third-order valence-corrected chi connectivity index (χ3v) is 5.32. The Labute approximate surface area is 128 Å². The van der Waals surface area contributed by atoms with E-state index >= 15 is 0 Å². The first-order valence-electron chi connectivity index (χ1n) is 8.28. The van der Waals surface area contributed by atoms with Crippen LogP contribution in [0, 0.1) is 6.92 Å². The number of hydrazine groups is 1. The molecule has 0 aliphatic carbocycles. The van der Waals surface area contributed by atoms with E-state index in [1.165, 1.54) is 31.6 Å². The fraction of sp³-hybridized carbons (Fsp3) is 0.812. The van der Waals surface area contributed by atoms with Crippen LogP contribution in [0.5, 0.6) is 0 Å². The highest BCUT2D eigenvalue weighted by Crippen LogP contribution is 2.32. The van der Waals surface area contributed by atoms with Crippen molar-refractivity contribution < 1.29 is 0 Å². The van der Waals surface area contributed by atoms with Gasteiger partial charge in [-0.25, -0.2) is 0 Å². The minimum absolute atomic E-state index is 0.142. The lowest BCUT2D eigenvalue weighted by molar-refractivity contribution is 0.0613. The molecule has 0 bridgehead atoms. The highest BCUT2D eigenvalue weighted by Gasteiger charge is 2.41. The van der Waals surface area contributed by atoms with Crippen LogP contribution in [0.2, 0.25) is 0 Å². The second kappa shape index (κ2) is 6.90. The molecule has 0 radical (unpaired) electrons. The van der Waals surface area contributed by atoms with E-state index in [1.54, 1.807) is 0 Å². The monoisotopic (exact) mass is 293 g/mol.